The smallest absolute Gasteiger partial charge is 0.338 e. The molecule has 7 heteroatoms. The van der Waals surface area contributed by atoms with E-state index in [0.717, 1.165) is 0 Å². The lowest BCUT2D eigenvalue weighted by Gasteiger charge is -2.12. The molecule has 0 atom stereocenters. The van der Waals surface area contributed by atoms with E-state index in [1.165, 1.54) is 6.07 Å². The van der Waals surface area contributed by atoms with E-state index in [9.17, 15) is 9.59 Å². The molecule has 0 bridgehead atoms. The maximum absolute atomic E-state index is 12.0. The summed E-state index contributed by atoms with van der Waals surface area (Å²) in [5.74, 6) is -0.101. The van der Waals surface area contributed by atoms with Crippen LogP contribution < -0.4 is 14.8 Å². The minimum atomic E-state index is -0.635. The molecule has 1 aromatic rings. The van der Waals surface area contributed by atoms with Crippen molar-refractivity contribution in [2.45, 2.75) is 20.3 Å². The standard InChI is InChI=1S/C16H20N2O5/c1-3-21-13-7-6-12(10-14(13)22-4-2)16(20)23-11-15(19)18-9-5-8-17/h6-7,10H,3-5,9,11H2,1-2H3,(H,18,19). The molecule has 1 N–H and O–H groups in total. The maximum atomic E-state index is 12.0. The molecule has 0 saturated heterocycles. The van der Waals surface area contributed by atoms with Crippen LogP contribution in [0.5, 0.6) is 11.5 Å². The number of carbonyl (C=O) groups is 2. The molecule has 124 valence electrons. The number of nitriles is 1. The van der Waals surface area contributed by atoms with Gasteiger partial charge in [-0.25, -0.2) is 4.79 Å². The summed E-state index contributed by atoms with van der Waals surface area (Å²) < 4.78 is 15.8. The second kappa shape index (κ2) is 10.1. The molecule has 7 nitrogen and oxygen atoms in total. The SMILES string of the molecule is CCOc1ccc(C(=O)OCC(=O)NCCC#N)cc1OCC. The van der Waals surface area contributed by atoms with Crippen LogP contribution >= 0.6 is 0 Å². The van der Waals surface area contributed by atoms with Crippen molar-refractivity contribution in [2.24, 2.45) is 0 Å². The molecule has 0 aliphatic heterocycles. The van der Waals surface area contributed by atoms with Crippen molar-refractivity contribution in [3.63, 3.8) is 0 Å². The summed E-state index contributed by atoms with van der Waals surface area (Å²) in [6.07, 6.45) is 0.205. The van der Waals surface area contributed by atoms with E-state index in [0.29, 0.717) is 24.7 Å². The first kappa shape index (κ1) is 18.3. The first-order valence-electron chi connectivity index (χ1n) is 7.32. The minimum absolute atomic E-state index is 0.205. The highest BCUT2D eigenvalue weighted by atomic mass is 16.5. The summed E-state index contributed by atoms with van der Waals surface area (Å²) in [7, 11) is 0. The average molecular weight is 320 g/mol. The van der Waals surface area contributed by atoms with Gasteiger partial charge in [-0.2, -0.15) is 5.26 Å². The Hall–Kier alpha value is -2.75. The van der Waals surface area contributed by atoms with Gasteiger partial charge in [-0.1, -0.05) is 0 Å². The van der Waals surface area contributed by atoms with E-state index < -0.39 is 18.5 Å². The summed E-state index contributed by atoms with van der Waals surface area (Å²) in [4.78, 5) is 23.4. The molecule has 1 rings (SSSR count). The lowest BCUT2D eigenvalue weighted by molar-refractivity contribution is -0.124. The van der Waals surface area contributed by atoms with Crippen molar-refractivity contribution in [3.05, 3.63) is 23.8 Å². The molecule has 0 saturated carbocycles. The van der Waals surface area contributed by atoms with E-state index >= 15 is 0 Å². The Morgan fingerprint density at radius 3 is 2.52 bits per heavy atom. The Labute approximate surface area is 135 Å². The van der Waals surface area contributed by atoms with Gasteiger partial charge in [0, 0.05) is 6.54 Å². The number of carbonyl (C=O) groups excluding carboxylic acids is 2. The number of amides is 1. The zero-order chi connectivity index (χ0) is 17.1. The van der Waals surface area contributed by atoms with Crippen molar-refractivity contribution in [1.82, 2.24) is 5.32 Å². The van der Waals surface area contributed by atoms with Gasteiger partial charge in [0.15, 0.2) is 18.1 Å². The lowest BCUT2D eigenvalue weighted by atomic mass is 10.2. The van der Waals surface area contributed by atoms with Gasteiger partial charge in [-0.05, 0) is 32.0 Å². The van der Waals surface area contributed by atoms with Gasteiger partial charge < -0.3 is 19.5 Å². The molecule has 0 aliphatic rings. The second-order valence-electron chi connectivity index (χ2n) is 4.36. The van der Waals surface area contributed by atoms with Crippen molar-refractivity contribution in [3.8, 4) is 17.6 Å². The van der Waals surface area contributed by atoms with Crippen LogP contribution in [0.3, 0.4) is 0 Å². The topological polar surface area (TPSA) is 97.6 Å². The van der Waals surface area contributed by atoms with Gasteiger partial charge in [0.2, 0.25) is 0 Å². The van der Waals surface area contributed by atoms with Gasteiger partial charge in [-0.15, -0.1) is 0 Å². The highest BCUT2D eigenvalue weighted by molar-refractivity contribution is 5.92. The van der Waals surface area contributed by atoms with E-state index in [-0.39, 0.29) is 18.5 Å². The Balaban J connectivity index is 2.63. The third kappa shape index (κ3) is 6.26. The maximum Gasteiger partial charge on any atom is 0.338 e. The Bertz CT molecular complexity index is 580. The molecular weight excluding hydrogens is 300 g/mol. The molecule has 0 aliphatic carbocycles. The number of rotatable bonds is 9. The molecule has 0 unspecified atom stereocenters. The van der Waals surface area contributed by atoms with Crippen LogP contribution in [-0.2, 0) is 9.53 Å². The number of hydrogen-bond donors (Lipinski definition) is 1. The normalized spacial score (nSPS) is 9.61. The molecule has 1 aromatic carbocycles. The van der Waals surface area contributed by atoms with Crippen molar-refractivity contribution < 1.29 is 23.8 Å². The zero-order valence-electron chi connectivity index (χ0n) is 13.3. The molecule has 0 heterocycles. The van der Waals surface area contributed by atoms with Crippen LogP contribution in [0, 0.1) is 11.3 Å². The van der Waals surface area contributed by atoms with Gasteiger partial charge >= 0.3 is 5.97 Å². The second-order valence-corrected chi connectivity index (χ2v) is 4.36. The van der Waals surface area contributed by atoms with Gasteiger partial charge in [0.05, 0.1) is 31.3 Å². The Kier molecular flexibility index (Phi) is 8.00. The molecule has 1 amide bonds. The van der Waals surface area contributed by atoms with Crippen LogP contribution in [0.15, 0.2) is 18.2 Å². The highest BCUT2D eigenvalue weighted by Gasteiger charge is 2.14. The molecule has 0 fully saturated rings. The number of benzene rings is 1. The molecule has 0 aromatic heterocycles. The summed E-state index contributed by atoms with van der Waals surface area (Å²) >= 11 is 0. The van der Waals surface area contributed by atoms with Crippen LogP contribution in [0.25, 0.3) is 0 Å². The van der Waals surface area contributed by atoms with E-state index in [2.05, 4.69) is 5.32 Å². The predicted molar refractivity (Wildman–Crippen MR) is 82.3 cm³/mol. The Morgan fingerprint density at radius 1 is 1.17 bits per heavy atom. The quantitative estimate of drug-likeness (QED) is 0.549. The van der Waals surface area contributed by atoms with Crippen molar-refractivity contribution in [1.29, 1.82) is 5.26 Å². The fourth-order valence-electron chi connectivity index (χ4n) is 1.70. The van der Waals surface area contributed by atoms with Crippen LogP contribution in [0.4, 0.5) is 0 Å². The fraction of sp³-hybridized carbons (Fsp3) is 0.438. The summed E-state index contributed by atoms with van der Waals surface area (Å²) in [6, 6.07) is 6.59. The largest absolute Gasteiger partial charge is 0.490 e. The molecule has 23 heavy (non-hydrogen) atoms. The molecule has 0 spiro atoms. The third-order valence-corrected chi connectivity index (χ3v) is 2.67. The predicted octanol–water partition coefficient (Wildman–Crippen LogP) is 1.67. The van der Waals surface area contributed by atoms with Crippen LogP contribution in [0.1, 0.15) is 30.6 Å². The number of esters is 1. The van der Waals surface area contributed by atoms with Crippen LogP contribution in [-0.4, -0.2) is 38.2 Å². The number of nitrogens with one attached hydrogen (secondary N) is 1. The van der Waals surface area contributed by atoms with Gasteiger partial charge in [-0.3, -0.25) is 4.79 Å². The summed E-state index contributed by atoms with van der Waals surface area (Å²) in [5.41, 5.74) is 0.265. The minimum Gasteiger partial charge on any atom is -0.490 e. The van der Waals surface area contributed by atoms with E-state index in [1.54, 1.807) is 12.1 Å². The van der Waals surface area contributed by atoms with Gasteiger partial charge in [0.25, 0.3) is 5.91 Å². The first-order chi connectivity index (χ1) is 11.1. The number of nitrogens with zero attached hydrogens (tertiary/aromatic N) is 1. The van der Waals surface area contributed by atoms with Crippen molar-refractivity contribution >= 4 is 11.9 Å². The lowest BCUT2D eigenvalue weighted by Crippen LogP contribution is -2.29. The number of hydrogen-bond acceptors (Lipinski definition) is 6. The first-order valence-corrected chi connectivity index (χ1v) is 7.32. The highest BCUT2D eigenvalue weighted by Crippen LogP contribution is 2.28. The van der Waals surface area contributed by atoms with E-state index in [4.69, 9.17) is 19.5 Å². The van der Waals surface area contributed by atoms with Gasteiger partial charge in [0.1, 0.15) is 0 Å². The summed E-state index contributed by atoms with van der Waals surface area (Å²) in [6.45, 7) is 4.41. The zero-order valence-corrected chi connectivity index (χ0v) is 13.3. The average Bonchev–Trinajstić information content (AvgIpc) is 2.55. The number of ether oxygens (including phenoxy) is 3. The molecular formula is C16H20N2O5. The Morgan fingerprint density at radius 2 is 1.87 bits per heavy atom. The molecule has 0 radical (unpaired) electrons. The van der Waals surface area contributed by atoms with Crippen molar-refractivity contribution in [2.75, 3.05) is 26.4 Å². The fourth-order valence-corrected chi connectivity index (χ4v) is 1.70. The van der Waals surface area contributed by atoms with Crippen LogP contribution in [0.2, 0.25) is 0 Å². The monoisotopic (exact) mass is 320 g/mol. The third-order valence-electron chi connectivity index (χ3n) is 2.67. The summed E-state index contributed by atoms with van der Waals surface area (Å²) in [5, 5.41) is 10.8. The van der Waals surface area contributed by atoms with E-state index in [1.807, 2.05) is 19.9 Å².